The lowest BCUT2D eigenvalue weighted by atomic mass is 10.2. The van der Waals surface area contributed by atoms with Crippen LogP contribution in [0.2, 0.25) is 0 Å². The molecule has 0 unspecified atom stereocenters. The lowest BCUT2D eigenvalue weighted by Crippen LogP contribution is -2.14. The molecule has 0 aliphatic rings. The largest absolute Gasteiger partial charge is 0.397 e. The van der Waals surface area contributed by atoms with E-state index in [0.29, 0.717) is 0 Å². The van der Waals surface area contributed by atoms with Crippen molar-refractivity contribution in [1.29, 1.82) is 0 Å². The maximum absolute atomic E-state index is 13.4. The number of rotatable bonds is 2. The van der Waals surface area contributed by atoms with E-state index in [1.165, 1.54) is 12.1 Å². The highest BCUT2D eigenvalue weighted by atomic mass is 19.2. The number of benzene rings is 2. The molecule has 2 aromatic carbocycles. The van der Waals surface area contributed by atoms with Gasteiger partial charge in [0.25, 0.3) is 5.91 Å². The Kier molecular flexibility index (Phi) is 3.41. The first-order chi connectivity index (χ1) is 8.99. The molecular weight excluding hydrogens is 257 g/mol. The van der Waals surface area contributed by atoms with Crippen molar-refractivity contribution < 1.29 is 18.0 Å². The molecule has 0 saturated carbocycles. The minimum Gasteiger partial charge on any atom is -0.397 e. The number of carbonyl (C=O) groups excluding carboxylic acids is 1. The zero-order valence-electron chi connectivity index (χ0n) is 9.58. The summed E-state index contributed by atoms with van der Waals surface area (Å²) in [6.45, 7) is 0. The second-order valence-corrected chi connectivity index (χ2v) is 3.79. The third kappa shape index (κ3) is 2.67. The van der Waals surface area contributed by atoms with E-state index >= 15 is 0 Å². The van der Waals surface area contributed by atoms with Crippen molar-refractivity contribution in [2.75, 3.05) is 11.1 Å². The van der Waals surface area contributed by atoms with Gasteiger partial charge in [0.1, 0.15) is 11.5 Å². The molecule has 3 N–H and O–H groups in total. The van der Waals surface area contributed by atoms with E-state index in [9.17, 15) is 18.0 Å². The smallest absolute Gasteiger partial charge is 0.255 e. The molecule has 0 bridgehead atoms. The average molecular weight is 266 g/mol. The molecule has 2 aromatic rings. The minimum atomic E-state index is -1.16. The molecule has 0 aliphatic heterocycles. The van der Waals surface area contributed by atoms with Crippen molar-refractivity contribution in [2.24, 2.45) is 0 Å². The van der Waals surface area contributed by atoms with Gasteiger partial charge in [0.2, 0.25) is 0 Å². The van der Waals surface area contributed by atoms with Gasteiger partial charge >= 0.3 is 0 Å². The van der Waals surface area contributed by atoms with Gasteiger partial charge in [0.05, 0.1) is 5.69 Å². The van der Waals surface area contributed by atoms with Gasteiger partial charge in [-0.1, -0.05) is 6.07 Å². The third-order valence-corrected chi connectivity index (χ3v) is 2.47. The minimum absolute atomic E-state index is 0.0379. The quantitative estimate of drug-likeness (QED) is 0.821. The Hall–Kier alpha value is -2.50. The summed E-state index contributed by atoms with van der Waals surface area (Å²) in [6, 6.07) is 6.54. The van der Waals surface area contributed by atoms with Crippen molar-refractivity contribution >= 4 is 17.3 Å². The van der Waals surface area contributed by atoms with Gasteiger partial charge in [-0.3, -0.25) is 4.79 Å². The number of para-hydroxylation sites is 1. The van der Waals surface area contributed by atoms with Gasteiger partial charge in [-0.25, -0.2) is 13.2 Å². The molecule has 0 radical (unpaired) electrons. The van der Waals surface area contributed by atoms with Crippen LogP contribution in [0.4, 0.5) is 24.5 Å². The summed E-state index contributed by atoms with van der Waals surface area (Å²) >= 11 is 0. The number of nitrogen functional groups attached to an aromatic ring is 1. The Morgan fingerprint density at radius 1 is 1.00 bits per heavy atom. The molecule has 0 aliphatic carbocycles. The lowest BCUT2D eigenvalue weighted by Gasteiger charge is -2.09. The van der Waals surface area contributed by atoms with Gasteiger partial charge < -0.3 is 11.1 Å². The lowest BCUT2D eigenvalue weighted by molar-refractivity contribution is 0.102. The summed E-state index contributed by atoms with van der Waals surface area (Å²) in [6.07, 6.45) is 0. The van der Waals surface area contributed by atoms with Gasteiger partial charge in [-0.2, -0.15) is 0 Å². The molecular formula is C13H9F3N2O. The second kappa shape index (κ2) is 5.01. The predicted molar refractivity (Wildman–Crippen MR) is 65.1 cm³/mol. The normalized spacial score (nSPS) is 10.3. The molecule has 98 valence electrons. The molecule has 0 aromatic heterocycles. The summed E-state index contributed by atoms with van der Waals surface area (Å²) in [5.41, 5.74) is 5.22. The van der Waals surface area contributed by atoms with Gasteiger partial charge in [0, 0.05) is 5.56 Å². The molecule has 0 heterocycles. The van der Waals surface area contributed by atoms with Crippen LogP contribution in [0, 0.1) is 17.5 Å². The fourth-order valence-corrected chi connectivity index (χ4v) is 1.50. The van der Waals surface area contributed by atoms with E-state index < -0.39 is 23.4 Å². The number of nitrogens with two attached hydrogens (primary N) is 1. The van der Waals surface area contributed by atoms with Crippen LogP contribution in [-0.2, 0) is 0 Å². The number of halogens is 3. The molecule has 0 saturated heterocycles. The highest BCUT2D eigenvalue weighted by molar-refractivity contribution is 6.05. The van der Waals surface area contributed by atoms with Gasteiger partial charge in [-0.05, 0) is 30.3 Å². The standard InChI is InChI=1S/C13H9F3N2O/c14-8-5-4-7(6-10(8)16)13(19)18-12-9(15)2-1-3-11(12)17/h1-6H,17H2,(H,18,19). The average Bonchev–Trinajstić information content (AvgIpc) is 2.37. The molecule has 19 heavy (non-hydrogen) atoms. The summed E-state index contributed by atoms with van der Waals surface area (Å²) in [5.74, 6) is -3.72. The molecule has 0 fully saturated rings. The van der Waals surface area contributed by atoms with Crippen molar-refractivity contribution in [3.8, 4) is 0 Å². The third-order valence-electron chi connectivity index (χ3n) is 2.47. The Balaban J connectivity index is 2.28. The first-order valence-electron chi connectivity index (χ1n) is 5.29. The van der Waals surface area contributed by atoms with Crippen LogP contribution >= 0.6 is 0 Å². The molecule has 3 nitrogen and oxygen atoms in total. The molecule has 6 heteroatoms. The first kappa shape index (κ1) is 12.9. The highest BCUT2D eigenvalue weighted by Gasteiger charge is 2.13. The first-order valence-corrected chi connectivity index (χ1v) is 5.29. The number of anilines is 2. The zero-order chi connectivity index (χ0) is 14.0. The Labute approximate surface area is 106 Å². The van der Waals surface area contributed by atoms with Crippen LogP contribution in [0.5, 0.6) is 0 Å². The fourth-order valence-electron chi connectivity index (χ4n) is 1.50. The SMILES string of the molecule is Nc1cccc(F)c1NC(=O)c1ccc(F)c(F)c1. The number of hydrogen-bond acceptors (Lipinski definition) is 2. The predicted octanol–water partition coefficient (Wildman–Crippen LogP) is 2.94. The topological polar surface area (TPSA) is 55.1 Å². The summed E-state index contributed by atoms with van der Waals surface area (Å²) in [5, 5.41) is 2.21. The van der Waals surface area contributed by atoms with Crippen LogP contribution < -0.4 is 11.1 Å². The van der Waals surface area contributed by atoms with Crippen LogP contribution in [0.25, 0.3) is 0 Å². The van der Waals surface area contributed by atoms with Crippen molar-refractivity contribution in [1.82, 2.24) is 0 Å². The van der Waals surface area contributed by atoms with Crippen molar-refractivity contribution in [3.05, 3.63) is 59.4 Å². The van der Waals surface area contributed by atoms with E-state index in [2.05, 4.69) is 5.32 Å². The highest BCUT2D eigenvalue weighted by Crippen LogP contribution is 2.22. The van der Waals surface area contributed by atoms with Crippen molar-refractivity contribution in [2.45, 2.75) is 0 Å². The monoisotopic (exact) mass is 266 g/mol. The fraction of sp³-hybridized carbons (Fsp3) is 0. The van der Waals surface area contributed by atoms with Crippen LogP contribution in [-0.4, -0.2) is 5.91 Å². The maximum Gasteiger partial charge on any atom is 0.255 e. The van der Waals surface area contributed by atoms with Crippen molar-refractivity contribution in [3.63, 3.8) is 0 Å². The zero-order valence-corrected chi connectivity index (χ0v) is 9.58. The van der Waals surface area contributed by atoms with E-state index in [0.717, 1.165) is 24.3 Å². The van der Waals surface area contributed by atoms with E-state index in [-0.39, 0.29) is 16.9 Å². The Morgan fingerprint density at radius 3 is 2.37 bits per heavy atom. The Bertz CT molecular complexity index is 624. The number of hydrogen-bond donors (Lipinski definition) is 2. The molecule has 2 rings (SSSR count). The van der Waals surface area contributed by atoms with Crippen LogP contribution in [0.3, 0.4) is 0 Å². The van der Waals surface area contributed by atoms with Gasteiger partial charge in [-0.15, -0.1) is 0 Å². The number of carbonyl (C=O) groups is 1. The molecule has 1 amide bonds. The van der Waals surface area contributed by atoms with Crippen LogP contribution in [0.1, 0.15) is 10.4 Å². The van der Waals surface area contributed by atoms with E-state index in [1.807, 2.05) is 0 Å². The molecule has 0 atom stereocenters. The molecule has 0 spiro atoms. The number of nitrogens with one attached hydrogen (secondary N) is 1. The van der Waals surface area contributed by atoms with E-state index in [4.69, 9.17) is 5.73 Å². The second-order valence-electron chi connectivity index (χ2n) is 3.79. The van der Waals surface area contributed by atoms with E-state index in [1.54, 1.807) is 0 Å². The summed E-state index contributed by atoms with van der Waals surface area (Å²) < 4.78 is 39.2. The Morgan fingerprint density at radius 2 is 1.74 bits per heavy atom. The maximum atomic E-state index is 13.4. The number of amides is 1. The van der Waals surface area contributed by atoms with Crippen LogP contribution in [0.15, 0.2) is 36.4 Å². The summed E-state index contributed by atoms with van der Waals surface area (Å²) in [7, 11) is 0. The van der Waals surface area contributed by atoms with Gasteiger partial charge in [0.15, 0.2) is 11.6 Å². The summed E-state index contributed by atoms with van der Waals surface area (Å²) in [4.78, 5) is 11.8.